The van der Waals surface area contributed by atoms with Crippen LogP contribution in [0.15, 0.2) is 30.9 Å². The highest BCUT2D eigenvalue weighted by molar-refractivity contribution is 7.88. The molecule has 1 aromatic carbocycles. The lowest BCUT2D eigenvalue weighted by atomic mass is 10.2. The van der Waals surface area contributed by atoms with E-state index >= 15 is 0 Å². The Morgan fingerprint density at radius 1 is 1.30 bits per heavy atom. The van der Waals surface area contributed by atoms with Gasteiger partial charge in [0.05, 0.1) is 27.0 Å². The van der Waals surface area contributed by atoms with Crippen molar-refractivity contribution < 1.29 is 22.7 Å². The lowest BCUT2D eigenvalue weighted by Gasteiger charge is -2.17. The standard InChI is InChI=1S/C15H22N2O5S/c1-5-8-17(23(4,19)20)11-15(18)16-10-12-6-7-13(21-2)14(9-12)22-3/h5-7,9H,1,8,10-11H2,2-4H3,(H,16,18). The lowest BCUT2D eigenvalue weighted by Crippen LogP contribution is -2.40. The molecule has 128 valence electrons. The molecule has 1 aromatic rings. The first-order chi connectivity index (χ1) is 10.8. The number of sulfonamides is 1. The van der Waals surface area contributed by atoms with Gasteiger partial charge < -0.3 is 14.8 Å². The highest BCUT2D eigenvalue weighted by Gasteiger charge is 2.18. The molecule has 0 aliphatic heterocycles. The fourth-order valence-electron chi connectivity index (χ4n) is 1.87. The molecule has 1 rings (SSSR count). The van der Waals surface area contributed by atoms with E-state index in [0.29, 0.717) is 11.5 Å². The van der Waals surface area contributed by atoms with Crippen LogP contribution in [-0.2, 0) is 21.4 Å². The first-order valence-electron chi connectivity index (χ1n) is 6.85. The van der Waals surface area contributed by atoms with Crippen molar-refractivity contribution in [2.45, 2.75) is 6.54 Å². The van der Waals surface area contributed by atoms with Crippen LogP contribution in [0.25, 0.3) is 0 Å². The van der Waals surface area contributed by atoms with Gasteiger partial charge in [-0.15, -0.1) is 6.58 Å². The van der Waals surface area contributed by atoms with Crippen LogP contribution in [0, 0.1) is 0 Å². The molecule has 7 nitrogen and oxygen atoms in total. The van der Waals surface area contributed by atoms with E-state index in [-0.39, 0.29) is 19.6 Å². The normalized spacial score (nSPS) is 11.1. The molecule has 0 spiro atoms. The summed E-state index contributed by atoms with van der Waals surface area (Å²) in [7, 11) is -0.392. The predicted octanol–water partition coefficient (Wildman–Crippen LogP) is 0.768. The Morgan fingerprint density at radius 2 is 1.96 bits per heavy atom. The summed E-state index contributed by atoms with van der Waals surface area (Å²) in [5, 5.41) is 2.67. The van der Waals surface area contributed by atoms with Crippen LogP contribution < -0.4 is 14.8 Å². The Bertz CT molecular complexity index is 658. The summed E-state index contributed by atoms with van der Waals surface area (Å²) in [5.41, 5.74) is 0.811. The summed E-state index contributed by atoms with van der Waals surface area (Å²) in [6.45, 7) is 3.58. The van der Waals surface area contributed by atoms with Gasteiger partial charge in [-0.1, -0.05) is 12.1 Å². The van der Waals surface area contributed by atoms with Gasteiger partial charge in [0.1, 0.15) is 0 Å². The van der Waals surface area contributed by atoms with Crippen LogP contribution in [-0.4, -0.2) is 52.2 Å². The molecule has 0 atom stereocenters. The molecule has 0 saturated carbocycles. The number of ether oxygens (including phenoxy) is 2. The quantitative estimate of drug-likeness (QED) is 0.670. The van der Waals surface area contributed by atoms with Gasteiger partial charge in [-0.25, -0.2) is 8.42 Å². The minimum absolute atomic E-state index is 0.0859. The Hall–Kier alpha value is -2.06. The van der Waals surface area contributed by atoms with E-state index in [1.807, 2.05) is 0 Å². The number of methoxy groups -OCH3 is 2. The van der Waals surface area contributed by atoms with Crippen LogP contribution in [0.3, 0.4) is 0 Å². The van der Waals surface area contributed by atoms with Crippen molar-refractivity contribution in [1.29, 1.82) is 0 Å². The van der Waals surface area contributed by atoms with Gasteiger partial charge >= 0.3 is 0 Å². The molecule has 0 heterocycles. The molecule has 0 saturated heterocycles. The van der Waals surface area contributed by atoms with E-state index in [2.05, 4.69) is 11.9 Å². The van der Waals surface area contributed by atoms with E-state index in [4.69, 9.17) is 9.47 Å². The zero-order chi connectivity index (χ0) is 17.5. The van der Waals surface area contributed by atoms with Crippen molar-refractivity contribution in [3.63, 3.8) is 0 Å². The van der Waals surface area contributed by atoms with E-state index < -0.39 is 15.9 Å². The smallest absolute Gasteiger partial charge is 0.235 e. The van der Waals surface area contributed by atoms with E-state index in [1.165, 1.54) is 13.2 Å². The number of hydrogen-bond donors (Lipinski definition) is 1. The van der Waals surface area contributed by atoms with Crippen molar-refractivity contribution in [2.75, 3.05) is 33.6 Å². The molecular weight excluding hydrogens is 320 g/mol. The molecule has 1 N–H and O–H groups in total. The van der Waals surface area contributed by atoms with Crippen LogP contribution in [0.4, 0.5) is 0 Å². The Morgan fingerprint density at radius 3 is 2.48 bits per heavy atom. The van der Waals surface area contributed by atoms with Gasteiger partial charge in [-0.3, -0.25) is 4.79 Å². The monoisotopic (exact) mass is 342 g/mol. The molecule has 0 aliphatic rings. The second-order valence-electron chi connectivity index (χ2n) is 4.81. The zero-order valence-corrected chi connectivity index (χ0v) is 14.4. The van der Waals surface area contributed by atoms with Gasteiger partial charge in [0.15, 0.2) is 11.5 Å². The average Bonchev–Trinajstić information content (AvgIpc) is 2.51. The summed E-state index contributed by atoms with van der Waals surface area (Å²) >= 11 is 0. The number of amides is 1. The number of nitrogens with zero attached hydrogens (tertiary/aromatic N) is 1. The van der Waals surface area contributed by atoms with Gasteiger partial charge in [0, 0.05) is 13.1 Å². The third-order valence-electron chi connectivity index (χ3n) is 3.06. The van der Waals surface area contributed by atoms with Gasteiger partial charge in [0.2, 0.25) is 15.9 Å². The molecule has 0 bridgehead atoms. The van der Waals surface area contributed by atoms with Crippen LogP contribution >= 0.6 is 0 Å². The van der Waals surface area contributed by atoms with E-state index in [1.54, 1.807) is 25.3 Å². The third-order valence-corrected chi connectivity index (χ3v) is 4.28. The molecule has 0 unspecified atom stereocenters. The molecule has 0 aliphatic carbocycles. The number of hydrogen-bond acceptors (Lipinski definition) is 5. The minimum Gasteiger partial charge on any atom is -0.493 e. The van der Waals surface area contributed by atoms with E-state index in [0.717, 1.165) is 16.1 Å². The summed E-state index contributed by atoms with van der Waals surface area (Å²) in [6.07, 6.45) is 2.49. The summed E-state index contributed by atoms with van der Waals surface area (Å²) in [5.74, 6) is 0.757. The second-order valence-corrected chi connectivity index (χ2v) is 6.79. The van der Waals surface area contributed by atoms with Crippen LogP contribution in [0.2, 0.25) is 0 Å². The molecule has 8 heteroatoms. The summed E-state index contributed by atoms with van der Waals surface area (Å²) in [4.78, 5) is 11.9. The summed E-state index contributed by atoms with van der Waals surface area (Å²) < 4.78 is 34.5. The number of carbonyl (C=O) groups excluding carboxylic acids is 1. The second kappa shape index (κ2) is 8.54. The van der Waals surface area contributed by atoms with Gasteiger partial charge in [-0.2, -0.15) is 4.31 Å². The fourth-order valence-corrected chi connectivity index (χ4v) is 2.60. The molecule has 0 aromatic heterocycles. The molecule has 0 radical (unpaired) electrons. The van der Waals surface area contributed by atoms with Crippen molar-refractivity contribution >= 4 is 15.9 Å². The topological polar surface area (TPSA) is 84.9 Å². The van der Waals surface area contributed by atoms with Crippen molar-refractivity contribution in [2.24, 2.45) is 0 Å². The maximum Gasteiger partial charge on any atom is 0.235 e. The number of benzene rings is 1. The summed E-state index contributed by atoms with van der Waals surface area (Å²) in [6, 6.07) is 5.28. The zero-order valence-electron chi connectivity index (χ0n) is 13.5. The Balaban J connectivity index is 2.67. The maximum absolute atomic E-state index is 11.9. The van der Waals surface area contributed by atoms with Crippen LogP contribution in [0.5, 0.6) is 11.5 Å². The molecule has 0 fully saturated rings. The lowest BCUT2D eigenvalue weighted by molar-refractivity contribution is -0.121. The van der Waals surface area contributed by atoms with Gasteiger partial charge in [0.25, 0.3) is 0 Å². The maximum atomic E-state index is 11.9. The van der Waals surface area contributed by atoms with Crippen LogP contribution in [0.1, 0.15) is 5.56 Å². The molecule has 1 amide bonds. The molecular formula is C15H22N2O5S. The van der Waals surface area contributed by atoms with Crippen molar-refractivity contribution in [1.82, 2.24) is 9.62 Å². The Labute approximate surface area is 136 Å². The van der Waals surface area contributed by atoms with Crippen molar-refractivity contribution in [3.8, 4) is 11.5 Å². The number of nitrogens with one attached hydrogen (secondary N) is 1. The third kappa shape index (κ3) is 5.91. The largest absolute Gasteiger partial charge is 0.493 e. The average molecular weight is 342 g/mol. The predicted molar refractivity (Wildman–Crippen MR) is 88.0 cm³/mol. The highest BCUT2D eigenvalue weighted by atomic mass is 32.2. The van der Waals surface area contributed by atoms with E-state index in [9.17, 15) is 13.2 Å². The highest BCUT2D eigenvalue weighted by Crippen LogP contribution is 2.27. The van der Waals surface area contributed by atoms with Crippen molar-refractivity contribution in [3.05, 3.63) is 36.4 Å². The van der Waals surface area contributed by atoms with Gasteiger partial charge in [-0.05, 0) is 17.7 Å². The Kier molecular flexibility index (Phi) is 7.05. The number of rotatable bonds is 9. The minimum atomic E-state index is -3.46. The molecule has 23 heavy (non-hydrogen) atoms. The fraction of sp³-hybridized carbons (Fsp3) is 0.400. The SMILES string of the molecule is C=CCN(CC(=O)NCc1ccc(OC)c(OC)c1)S(C)(=O)=O. The number of carbonyl (C=O) groups is 1. The first kappa shape index (κ1) is 19.0. The first-order valence-corrected chi connectivity index (χ1v) is 8.70.